The van der Waals surface area contributed by atoms with E-state index < -0.39 is 0 Å². The third-order valence-corrected chi connectivity index (χ3v) is 3.43. The lowest BCUT2D eigenvalue weighted by atomic mass is 10.1. The van der Waals surface area contributed by atoms with E-state index in [0.29, 0.717) is 27.6 Å². The van der Waals surface area contributed by atoms with E-state index in [1.807, 2.05) is 6.07 Å². The Morgan fingerprint density at radius 3 is 2.55 bits per heavy atom. The van der Waals surface area contributed by atoms with Crippen LogP contribution in [0.1, 0.15) is 28.4 Å². The maximum absolute atomic E-state index is 11.5. The van der Waals surface area contributed by atoms with Gasteiger partial charge in [0.1, 0.15) is 18.1 Å². The van der Waals surface area contributed by atoms with Gasteiger partial charge in [-0.3, -0.25) is 4.79 Å². The SMILES string of the molecule is COc1ccc(C(C)=O)cc1COc1ccc(C#N)cc1Cl. The van der Waals surface area contributed by atoms with Crippen LogP contribution in [0, 0.1) is 11.3 Å². The van der Waals surface area contributed by atoms with Crippen LogP contribution in [0.4, 0.5) is 0 Å². The van der Waals surface area contributed by atoms with Crippen molar-refractivity contribution in [3.63, 3.8) is 0 Å². The molecule has 22 heavy (non-hydrogen) atoms. The molecule has 112 valence electrons. The topological polar surface area (TPSA) is 59.3 Å². The van der Waals surface area contributed by atoms with E-state index in [2.05, 4.69) is 0 Å². The van der Waals surface area contributed by atoms with Crippen LogP contribution in [0.3, 0.4) is 0 Å². The molecule has 2 aromatic carbocycles. The average Bonchev–Trinajstić information content (AvgIpc) is 2.53. The molecular weight excluding hydrogens is 302 g/mol. The van der Waals surface area contributed by atoms with Crippen molar-refractivity contribution < 1.29 is 14.3 Å². The summed E-state index contributed by atoms with van der Waals surface area (Å²) in [5.74, 6) is 1.08. The van der Waals surface area contributed by atoms with Crippen LogP contribution in [-0.2, 0) is 6.61 Å². The van der Waals surface area contributed by atoms with Crippen LogP contribution >= 0.6 is 11.6 Å². The second-order valence-corrected chi connectivity index (χ2v) is 5.04. The molecule has 0 aliphatic rings. The maximum Gasteiger partial charge on any atom is 0.159 e. The molecule has 0 atom stereocenters. The van der Waals surface area contributed by atoms with E-state index in [1.165, 1.54) is 6.92 Å². The molecule has 2 rings (SSSR count). The van der Waals surface area contributed by atoms with Gasteiger partial charge in [-0.15, -0.1) is 0 Å². The Labute approximate surface area is 133 Å². The number of carbonyl (C=O) groups is 1. The summed E-state index contributed by atoms with van der Waals surface area (Å²) in [5.41, 5.74) is 1.80. The number of nitriles is 1. The van der Waals surface area contributed by atoms with Gasteiger partial charge in [-0.25, -0.2) is 0 Å². The molecule has 0 bridgehead atoms. The number of hydrogen-bond acceptors (Lipinski definition) is 4. The second-order valence-electron chi connectivity index (χ2n) is 4.63. The van der Waals surface area contributed by atoms with Gasteiger partial charge in [-0.05, 0) is 43.3 Å². The largest absolute Gasteiger partial charge is 0.496 e. The van der Waals surface area contributed by atoms with Gasteiger partial charge >= 0.3 is 0 Å². The summed E-state index contributed by atoms with van der Waals surface area (Å²) < 4.78 is 10.9. The van der Waals surface area contributed by atoms with Gasteiger partial charge in [0.25, 0.3) is 0 Å². The van der Waals surface area contributed by atoms with E-state index >= 15 is 0 Å². The first-order chi connectivity index (χ1) is 10.5. The summed E-state index contributed by atoms with van der Waals surface area (Å²) in [4.78, 5) is 11.5. The van der Waals surface area contributed by atoms with Gasteiger partial charge in [0.15, 0.2) is 5.78 Å². The molecule has 0 aromatic heterocycles. The fourth-order valence-corrected chi connectivity index (χ4v) is 2.19. The zero-order chi connectivity index (χ0) is 16.1. The molecule has 0 fully saturated rings. The lowest BCUT2D eigenvalue weighted by Gasteiger charge is -2.12. The number of rotatable bonds is 5. The fourth-order valence-electron chi connectivity index (χ4n) is 1.95. The molecule has 0 saturated carbocycles. The lowest BCUT2D eigenvalue weighted by Crippen LogP contribution is -2.02. The third-order valence-electron chi connectivity index (χ3n) is 3.13. The van der Waals surface area contributed by atoms with Crippen LogP contribution in [0.25, 0.3) is 0 Å². The Balaban J connectivity index is 2.22. The van der Waals surface area contributed by atoms with Gasteiger partial charge in [0.05, 0.1) is 23.8 Å². The van der Waals surface area contributed by atoms with Crippen LogP contribution in [0.5, 0.6) is 11.5 Å². The zero-order valence-electron chi connectivity index (χ0n) is 12.2. The van der Waals surface area contributed by atoms with E-state index in [1.54, 1.807) is 43.5 Å². The van der Waals surface area contributed by atoms with Crippen LogP contribution in [0.15, 0.2) is 36.4 Å². The number of benzene rings is 2. The highest BCUT2D eigenvalue weighted by molar-refractivity contribution is 6.32. The summed E-state index contributed by atoms with van der Waals surface area (Å²) in [6, 6.07) is 12.0. The van der Waals surface area contributed by atoms with Gasteiger partial charge in [0.2, 0.25) is 0 Å². The summed E-state index contributed by atoms with van der Waals surface area (Å²) in [5, 5.41) is 9.18. The minimum atomic E-state index is -0.0275. The monoisotopic (exact) mass is 315 g/mol. The normalized spacial score (nSPS) is 9.91. The van der Waals surface area contributed by atoms with Crippen LogP contribution < -0.4 is 9.47 Å². The summed E-state index contributed by atoms with van der Waals surface area (Å²) in [7, 11) is 1.56. The van der Waals surface area contributed by atoms with Crippen molar-refractivity contribution in [3.05, 3.63) is 58.1 Å². The van der Waals surface area contributed by atoms with E-state index in [-0.39, 0.29) is 12.4 Å². The van der Waals surface area contributed by atoms with Gasteiger partial charge < -0.3 is 9.47 Å². The van der Waals surface area contributed by atoms with Crippen molar-refractivity contribution in [1.82, 2.24) is 0 Å². The number of hydrogen-bond donors (Lipinski definition) is 0. The molecule has 2 aromatic rings. The molecule has 0 N–H and O–H groups in total. The molecule has 5 heteroatoms. The minimum Gasteiger partial charge on any atom is -0.496 e. The van der Waals surface area contributed by atoms with Crippen molar-refractivity contribution in [2.45, 2.75) is 13.5 Å². The summed E-state index contributed by atoms with van der Waals surface area (Å²) in [6.07, 6.45) is 0. The number of methoxy groups -OCH3 is 1. The Hall–Kier alpha value is -2.51. The molecule has 0 heterocycles. The first-order valence-electron chi connectivity index (χ1n) is 6.55. The van der Waals surface area contributed by atoms with Crippen LogP contribution in [0.2, 0.25) is 5.02 Å². The van der Waals surface area contributed by atoms with Crippen LogP contribution in [-0.4, -0.2) is 12.9 Å². The first kappa shape index (κ1) is 15.9. The Morgan fingerprint density at radius 2 is 1.95 bits per heavy atom. The average molecular weight is 316 g/mol. The highest BCUT2D eigenvalue weighted by Gasteiger charge is 2.09. The number of carbonyl (C=O) groups excluding carboxylic acids is 1. The summed E-state index contributed by atoms with van der Waals surface area (Å²) in [6.45, 7) is 1.71. The molecule has 0 unspecified atom stereocenters. The molecule has 0 radical (unpaired) electrons. The molecule has 0 aliphatic heterocycles. The predicted octanol–water partition coefficient (Wildman–Crippen LogP) is 4.00. The number of ketones is 1. The molecule has 0 spiro atoms. The molecular formula is C17H14ClNO3. The van der Waals surface area contributed by atoms with Gasteiger partial charge in [-0.1, -0.05) is 11.6 Å². The number of nitrogens with zero attached hydrogens (tertiary/aromatic N) is 1. The standard InChI is InChI=1S/C17H14ClNO3/c1-11(20)13-4-6-16(21-2)14(8-13)10-22-17-5-3-12(9-19)7-15(17)18/h3-8H,10H2,1-2H3. The molecule has 0 amide bonds. The predicted molar refractivity (Wildman–Crippen MR) is 83.5 cm³/mol. The number of halogens is 1. The highest BCUT2D eigenvalue weighted by atomic mass is 35.5. The van der Waals surface area contributed by atoms with E-state index in [0.717, 1.165) is 5.56 Å². The van der Waals surface area contributed by atoms with Crippen molar-refractivity contribution in [3.8, 4) is 17.6 Å². The van der Waals surface area contributed by atoms with E-state index in [9.17, 15) is 4.79 Å². The second kappa shape index (κ2) is 6.97. The Kier molecular flexibility index (Phi) is 5.03. The Morgan fingerprint density at radius 1 is 1.23 bits per heavy atom. The summed E-state index contributed by atoms with van der Waals surface area (Å²) >= 11 is 6.07. The van der Waals surface area contributed by atoms with Crippen molar-refractivity contribution >= 4 is 17.4 Å². The zero-order valence-corrected chi connectivity index (χ0v) is 13.0. The first-order valence-corrected chi connectivity index (χ1v) is 6.93. The van der Waals surface area contributed by atoms with Crippen molar-refractivity contribution in [2.24, 2.45) is 0 Å². The fraction of sp³-hybridized carbons (Fsp3) is 0.176. The minimum absolute atomic E-state index is 0.0275. The smallest absolute Gasteiger partial charge is 0.159 e. The van der Waals surface area contributed by atoms with Crippen molar-refractivity contribution in [2.75, 3.05) is 7.11 Å². The van der Waals surface area contributed by atoms with E-state index in [4.69, 9.17) is 26.3 Å². The van der Waals surface area contributed by atoms with Crippen molar-refractivity contribution in [1.29, 1.82) is 5.26 Å². The molecule has 0 saturated heterocycles. The third kappa shape index (κ3) is 3.57. The van der Waals surface area contributed by atoms with Gasteiger partial charge in [-0.2, -0.15) is 5.26 Å². The Bertz CT molecular complexity index is 750. The number of Topliss-reactive ketones (excluding diaryl/α,β-unsaturated/α-hetero) is 1. The quantitative estimate of drug-likeness (QED) is 0.782. The highest BCUT2D eigenvalue weighted by Crippen LogP contribution is 2.28. The molecule has 0 aliphatic carbocycles. The molecule has 4 nitrogen and oxygen atoms in total. The maximum atomic E-state index is 11.5. The lowest BCUT2D eigenvalue weighted by molar-refractivity contribution is 0.101. The number of ether oxygens (including phenoxy) is 2. The van der Waals surface area contributed by atoms with Gasteiger partial charge in [0, 0.05) is 11.1 Å².